The van der Waals surface area contributed by atoms with Gasteiger partial charge in [0.05, 0.1) is 6.10 Å². The molecule has 5 unspecified atom stereocenters. The summed E-state index contributed by atoms with van der Waals surface area (Å²) in [6.07, 6.45) is 2.02. The van der Waals surface area contributed by atoms with Crippen LogP contribution in [0.15, 0.2) is 12.7 Å². The third-order valence-corrected chi connectivity index (χ3v) is 3.15. The van der Waals surface area contributed by atoms with Gasteiger partial charge in [-0.2, -0.15) is 0 Å². The van der Waals surface area contributed by atoms with Crippen LogP contribution in [0.25, 0.3) is 0 Å². The average Bonchev–Trinajstić information content (AvgIpc) is 2.23. The fourth-order valence-corrected chi connectivity index (χ4v) is 1.47. The highest BCUT2D eigenvalue weighted by Gasteiger charge is 2.26. The van der Waals surface area contributed by atoms with Gasteiger partial charge in [0.15, 0.2) is 0 Å². The van der Waals surface area contributed by atoms with Crippen LogP contribution in [-0.2, 0) is 0 Å². The van der Waals surface area contributed by atoms with Crippen molar-refractivity contribution in [1.82, 2.24) is 0 Å². The van der Waals surface area contributed by atoms with Crippen molar-refractivity contribution in [1.29, 1.82) is 0 Å². The number of hydrogen-bond donors (Lipinski definition) is 1. The van der Waals surface area contributed by atoms with E-state index in [0.29, 0.717) is 5.92 Å². The second-order valence-corrected chi connectivity index (χ2v) is 4.10. The number of hydrogen-bond acceptors (Lipinski definition) is 1. The van der Waals surface area contributed by atoms with Gasteiger partial charge in [-0.3, -0.25) is 0 Å². The quantitative estimate of drug-likeness (QED) is 0.646. The van der Waals surface area contributed by atoms with Crippen LogP contribution in [0.2, 0.25) is 0 Å². The Kier molecular flexibility index (Phi) is 6.10. The summed E-state index contributed by atoms with van der Waals surface area (Å²) in [6.45, 7) is 19.9. The molecule has 0 saturated carbocycles. The molecule has 0 heterocycles. The third-order valence-electron chi connectivity index (χ3n) is 3.15. The first kappa shape index (κ1) is 13.7. The van der Waals surface area contributed by atoms with Gasteiger partial charge >= 0.3 is 0 Å². The van der Waals surface area contributed by atoms with Gasteiger partial charge in [0.1, 0.15) is 0 Å². The molecule has 0 aromatic rings. The predicted molar refractivity (Wildman–Crippen MR) is 62.2 cm³/mol. The van der Waals surface area contributed by atoms with Crippen LogP contribution in [0, 0.1) is 44.4 Å². The molecule has 0 aliphatic rings. The summed E-state index contributed by atoms with van der Waals surface area (Å²) in [5.41, 5.74) is 0. The van der Waals surface area contributed by atoms with E-state index in [0.717, 1.165) is 6.42 Å². The molecule has 0 aliphatic heterocycles. The van der Waals surface area contributed by atoms with Crippen LogP contribution in [0.3, 0.4) is 0 Å². The van der Waals surface area contributed by atoms with Crippen molar-refractivity contribution in [2.45, 2.75) is 26.4 Å². The summed E-state index contributed by atoms with van der Waals surface area (Å²) in [6, 6.07) is 0. The second-order valence-electron chi connectivity index (χ2n) is 4.10. The third kappa shape index (κ3) is 3.45. The molecule has 0 amide bonds. The standard InChI is InChI=1S/C13H23O/c1-7-9(3)10(4)11(5)12(6)13(14)8-2/h8-14H,2,4-7H2,1,3H3. The lowest BCUT2D eigenvalue weighted by atomic mass is 9.75. The zero-order valence-electron chi connectivity index (χ0n) is 9.45. The minimum Gasteiger partial charge on any atom is -0.389 e. The zero-order chi connectivity index (χ0) is 11.3. The van der Waals surface area contributed by atoms with Crippen molar-refractivity contribution >= 4 is 0 Å². The maximum Gasteiger partial charge on any atom is 0.0749 e. The summed E-state index contributed by atoms with van der Waals surface area (Å²) in [4.78, 5) is 0. The first-order chi connectivity index (χ1) is 6.45. The normalized spacial score (nSPS) is 22.1. The molecule has 5 atom stereocenters. The fraction of sp³-hybridized carbons (Fsp3) is 0.615. The second kappa shape index (κ2) is 6.23. The number of aliphatic hydroxyl groups is 1. The molecular weight excluding hydrogens is 172 g/mol. The van der Waals surface area contributed by atoms with Crippen LogP contribution < -0.4 is 0 Å². The van der Waals surface area contributed by atoms with Crippen LogP contribution in [0.5, 0.6) is 0 Å². The molecule has 1 N–H and O–H groups in total. The van der Waals surface area contributed by atoms with Crippen LogP contribution in [0.1, 0.15) is 20.3 Å². The monoisotopic (exact) mass is 195 g/mol. The van der Waals surface area contributed by atoms with Gasteiger partial charge in [0.2, 0.25) is 0 Å². The molecule has 0 saturated heterocycles. The Balaban J connectivity index is 4.29. The van der Waals surface area contributed by atoms with Crippen molar-refractivity contribution in [2.24, 2.45) is 23.7 Å². The molecule has 3 radical (unpaired) electrons. The Labute approximate surface area is 89.2 Å². The molecule has 1 heteroatoms. The van der Waals surface area contributed by atoms with E-state index in [4.69, 9.17) is 0 Å². The van der Waals surface area contributed by atoms with E-state index < -0.39 is 6.10 Å². The lowest BCUT2D eigenvalue weighted by molar-refractivity contribution is 0.125. The summed E-state index contributed by atoms with van der Waals surface area (Å²) < 4.78 is 0. The molecule has 0 aromatic carbocycles. The number of rotatable bonds is 6. The Bertz CT molecular complexity index is 165. The Morgan fingerprint density at radius 2 is 1.64 bits per heavy atom. The van der Waals surface area contributed by atoms with Gasteiger partial charge in [-0.05, 0) is 44.4 Å². The lowest BCUT2D eigenvalue weighted by Crippen LogP contribution is -2.29. The van der Waals surface area contributed by atoms with Crippen molar-refractivity contribution in [2.75, 3.05) is 0 Å². The molecule has 0 aromatic heterocycles. The van der Waals surface area contributed by atoms with E-state index in [9.17, 15) is 5.11 Å². The molecular formula is C13H23O. The van der Waals surface area contributed by atoms with Crippen molar-refractivity contribution in [3.63, 3.8) is 0 Å². The maximum atomic E-state index is 9.55. The van der Waals surface area contributed by atoms with Crippen molar-refractivity contribution < 1.29 is 5.11 Å². The minimum absolute atomic E-state index is 0.0675. The van der Waals surface area contributed by atoms with Crippen LogP contribution in [-0.4, -0.2) is 11.2 Å². The smallest absolute Gasteiger partial charge is 0.0749 e. The molecule has 81 valence electrons. The lowest BCUT2D eigenvalue weighted by Gasteiger charge is -2.31. The zero-order valence-corrected chi connectivity index (χ0v) is 9.45. The molecule has 0 spiro atoms. The van der Waals surface area contributed by atoms with Gasteiger partial charge in [-0.15, -0.1) is 6.58 Å². The van der Waals surface area contributed by atoms with Gasteiger partial charge in [0.25, 0.3) is 0 Å². The van der Waals surface area contributed by atoms with Crippen LogP contribution in [0.4, 0.5) is 0 Å². The summed E-state index contributed by atoms with van der Waals surface area (Å²) in [5.74, 6) is 0.692. The van der Waals surface area contributed by atoms with Gasteiger partial charge in [-0.1, -0.05) is 26.3 Å². The summed E-state index contributed by atoms with van der Waals surface area (Å²) in [5, 5.41) is 9.55. The first-order valence-corrected chi connectivity index (χ1v) is 5.25. The number of aliphatic hydroxyl groups excluding tert-OH is 1. The Morgan fingerprint density at radius 1 is 1.14 bits per heavy atom. The van der Waals surface area contributed by atoms with E-state index in [1.165, 1.54) is 6.08 Å². The van der Waals surface area contributed by atoms with Crippen molar-refractivity contribution in [3.8, 4) is 0 Å². The SMILES string of the molecule is [CH2]C(C(O)C=C)C([CH2])C([CH2])C(C)CC. The van der Waals surface area contributed by atoms with E-state index in [-0.39, 0.29) is 17.8 Å². The van der Waals surface area contributed by atoms with E-state index >= 15 is 0 Å². The van der Waals surface area contributed by atoms with E-state index in [1.807, 2.05) is 0 Å². The molecule has 0 aliphatic carbocycles. The maximum absolute atomic E-state index is 9.55. The largest absolute Gasteiger partial charge is 0.389 e. The van der Waals surface area contributed by atoms with Gasteiger partial charge < -0.3 is 5.11 Å². The average molecular weight is 195 g/mol. The molecule has 0 bridgehead atoms. The predicted octanol–water partition coefficient (Wildman–Crippen LogP) is 2.93. The summed E-state index contributed by atoms with van der Waals surface area (Å²) >= 11 is 0. The van der Waals surface area contributed by atoms with Gasteiger partial charge in [0, 0.05) is 0 Å². The highest BCUT2D eigenvalue weighted by atomic mass is 16.3. The summed E-state index contributed by atoms with van der Waals surface area (Å²) in [7, 11) is 0. The van der Waals surface area contributed by atoms with E-state index in [2.05, 4.69) is 41.2 Å². The highest BCUT2D eigenvalue weighted by Crippen LogP contribution is 2.29. The molecule has 1 nitrogen and oxygen atoms in total. The Hall–Kier alpha value is -0.300. The first-order valence-electron chi connectivity index (χ1n) is 5.25. The molecule has 0 fully saturated rings. The molecule has 0 rings (SSSR count). The van der Waals surface area contributed by atoms with E-state index in [1.54, 1.807) is 0 Å². The fourth-order valence-electron chi connectivity index (χ4n) is 1.47. The molecule has 14 heavy (non-hydrogen) atoms. The Morgan fingerprint density at radius 3 is 2.00 bits per heavy atom. The van der Waals surface area contributed by atoms with Gasteiger partial charge in [-0.25, -0.2) is 0 Å². The minimum atomic E-state index is -0.578. The topological polar surface area (TPSA) is 20.2 Å². The highest BCUT2D eigenvalue weighted by molar-refractivity contribution is 4.93. The van der Waals surface area contributed by atoms with Crippen molar-refractivity contribution in [3.05, 3.63) is 33.4 Å². The van der Waals surface area contributed by atoms with Crippen LogP contribution >= 0.6 is 0 Å².